The van der Waals surface area contributed by atoms with Crippen LogP contribution in [0.5, 0.6) is 0 Å². The number of hydrogen-bond acceptors (Lipinski definition) is 4. The molecule has 1 aliphatic heterocycles. The molecule has 96 valence electrons. The largest absolute Gasteiger partial charge is 0.459 e. The highest BCUT2D eigenvalue weighted by Crippen LogP contribution is 2.22. The summed E-state index contributed by atoms with van der Waals surface area (Å²) in [6.45, 7) is 3.43. The SMILES string of the molecule is Cc1ccoc1C(=O)NC1(C#N)CCN(C)CC1. The average Bonchev–Trinajstić information content (AvgIpc) is 2.79. The Morgan fingerprint density at radius 3 is 2.72 bits per heavy atom. The smallest absolute Gasteiger partial charge is 0.288 e. The molecule has 1 N–H and O–H groups in total. The maximum absolute atomic E-state index is 12.1. The first-order chi connectivity index (χ1) is 8.56. The van der Waals surface area contributed by atoms with E-state index in [1.807, 2.05) is 14.0 Å². The number of nitriles is 1. The Morgan fingerprint density at radius 2 is 2.22 bits per heavy atom. The zero-order valence-electron chi connectivity index (χ0n) is 10.7. The predicted molar refractivity (Wildman–Crippen MR) is 66.0 cm³/mol. The summed E-state index contributed by atoms with van der Waals surface area (Å²) in [5, 5.41) is 12.2. The Hall–Kier alpha value is -1.80. The van der Waals surface area contributed by atoms with E-state index in [0.717, 1.165) is 18.7 Å². The predicted octanol–water partition coefficient (Wildman–Crippen LogP) is 1.31. The fourth-order valence-electron chi connectivity index (χ4n) is 2.14. The first-order valence-corrected chi connectivity index (χ1v) is 6.03. The van der Waals surface area contributed by atoms with Crippen molar-refractivity contribution in [3.05, 3.63) is 23.7 Å². The molecule has 0 aliphatic carbocycles. The zero-order chi connectivity index (χ0) is 13.2. The van der Waals surface area contributed by atoms with Gasteiger partial charge in [-0.05, 0) is 32.9 Å². The van der Waals surface area contributed by atoms with E-state index < -0.39 is 5.54 Å². The third kappa shape index (κ3) is 2.39. The highest BCUT2D eigenvalue weighted by Gasteiger charge is 2.36. The summed E-state index contributed by atoms with van der Waals surface area (Å²) < 4.78 is 5.15. The normalized spacial score (nSPS) is 19.2. The van der Waals surface area contributed by atoms with Crippen LogP contribution in [0.4, 0.5) is 0 Å². The summed E-state index contributed by atoms with van der Waals surface area (Å²) in [4.78, 5) is 14.2. The molecule has 1 fully saturated rings. The summed E-state index contributed by atoms with van der Waals surface area (Å²) in [6.07, 6.45) is 2.77. The molecule has 0 unspecified atom stereocenters. The Labute approximate surface area is 106 Å². The number of furan rings is 1. The van der Waals surface area contributed by atoms with E-state index in [1.54, 1.807) is 6.07 Å². The molecule has 1 aromatic heterocycles. The fraction of sp³-hybridized carbons (Fsp3) is 0.538. The maximum Gasteiger partial charge on any atom is 0.288 e. The van der Waals surface area contributed by atoms with Crippen LogP contribution >= 0.6 is 0 Å². The van der Waals surface area contributed by atoms with E-state index in [9.17, 15) is 10.1 Å². The van der Waals surface area contributed by atoms with Gasteiger partial charge < -0.3 is 14.6 Å². The van der Waals surface area contributed by atoms with Gasteiger partial charge >= 0.3 is 0 Å². The number of rotatable bonds is 2. The average molecular weight is 247 g/mol. The van der Waals surface area contributed by atoms with Crippen LogP contribution in [0.1, 0.15) is 29.0 Å². The van der Waals surface area contributed by atoms with Gasteiger partial charge in [0.2, 0.25) is 0 Å². The molecule has 0 radical (unpaired) electrons. The van der Waals surface area contributed by atoms with Gasteiger partial charge in [-0.1, -0.05) is 0 Å². The second kappa shape index (κ2) is 4.83. The van der Waals surface area contributed by atoms with Gasteiger partial charge in [0.05, 0.1) is 12.3 Å². The highest BCUT2D eigenvalue weighted by molar-refractivity contribution is 5.93. The van der Waals surface area contributed by atoms with Crippen LogP contribution in [0.2, 0.25) is 0 Å². The van der Waals surface area contributed by atoms with E-state index in [-0.39, 0.29) is 5.91 Å². The zero-order valence-corrected chi connectivity index (χ0v) is 10.7. The minimum absolute atomic E-state index is 0.295. The maximum atomic E-state index is 12.1. The second-order valence-electron chi connectivity index (χ2n) is 4.88. The lowest BCUT2D eigenvalue weighted by Crippen LogP contribution is -2.53. The van der Waals surface area contributed by atoms with Crippen LogP contribution < -0.4 is 5.32 Å². The number of carbonyl (C=O) groups is 1. The molecular weight excluding hydrogens is 230 g/mol. The van der Waals surface area contributed by atoms with Crippen LogP contribution in [-0.2, 0) is 0 Å². The first kappa shape index (κ1) is 12.7. The van der Waals surface area contributed by atoms with Gasteiger partial charge in [0.15, 0.2) is 5.76 Å². The molecule has 1 amide bonds. The van der Waals surface area contributed by atoms with Crippen molar-refractivity contribution < 1.29 is 9.21 Å². The molecule has 0 aromatic carbocycles. The topological polar surface area (TPSA) is 69.3 Å². The molecule has 18 heavy (non-hydrogen) atoms. The number of hydrogen-bond donors (Lipinski definition) is 1. The number of aryl methyl sites for hydroxylation is 1. The Balaban J connectivity index is 2.10. The summed E-state index contributed by atoms with van der Waals surface area (Å²) in [5.41, 5.74) is 0.0246. The number of amides is 1. The lowest BCUT2D eigenvalue weighted by Gasteiger charge is -2.35. The monoisotopic (exact) mass is 247 g/mol. The summed E-state index contributed by atoms with van der Waals surface area (Å²) in [7, 11) is 2.01. The lowest BCUT2D eigenvalue weighted by molar-refractivity contribution is 0.0853. The van der Waals surface area contributed by atoms with Gasteiger partial charge in [0, 0.05) is 18.7 Å². The molecule has 0 spiro atoms. The molecule has 1 aliphatic rings. The Bertz CT molecular complexity index is 479. The van der Waals surface area contributed by atoms with Gasteiger partial charge in [-0.3, -0.25) is 4.79 Å². The van der Waals surface area contributed by atoms with Gasteiger partial charge in [-0.15, -0.1) is 0 Å². The number of carbonyl (C=O) groups excluding carboxylic acids is 1. The number of likely N-dealkylation sites (tertiary alicyclic amines) is 1. The molecule has 5 nitrogen and oxygen atoms in total. The molecule has 0 atom stereocenters. The van der Waals surface area contributed by atoms with E-state index in [2.05, 4.69) is 16.3 Å². The molecule has 2 heterocycles. The fourth-order valence-corrected chi connectivity index (χ4v) is 2.14. The van der Waals surface area contributed by atoms with Crippen LogP contribution in [-0.4, -0.2) is 36.5 Å². The molecule has 0 bridgehead atoms. The molecule has 5 heteroatoms. The van der Waals surface area contributed by atoms with Crippen LogP contribution in [0.25, 0.3) is 0 Å². The number of nitrogens with zero attached hydrogens (tertiary/aromatic N) is 2. The van der Waals surface area contributed by atoms with Gasteiger partial charge in [0.25, 0.3) is 5.91 Å². The molecular formula is C13H17N3O2. The molecule has 2 rings (SSSR count). The van der Waals surface area contributed by atoms with Crippen molar-refractivity contribution in [1.29, 1.82) is 5.26 Å². The van der Waals surface area contributed by atoms with E-state index in [1.165, 1.54) is 6.26 Å². The Kier molecular flexibility index (Phi) is 3.39. The summed E-state index contributed by atoms with van der Waals surface area (Å²) in [5.74, 6) is -0.00726. The van der Waals surface area contributed by atoms with Crippen molar-refractivity contribution in [2.24, 2.45) is 0 Å². The third-order valence-corrected chi connectivity index (χ3v) is 3.48. The summed E-state index contributed by atoms with van der Waals surface area (Å²) >= 11 is 0. The lowest BCUT2D eigenvalue weighted by atomic mass is 9.89. The van der Waals surface area contributed by atoms with Crippen molar-refractivity contribution >= 4 is 5.91 Å². The van der Waals surface area contributed by atoms with Crippen molar-refractivity contribution in [1.82, 2.24) is 10.2 Å². The number of piperidine rings is 1. The van der Waals surface area contributed by atoms with Crippen LogP contribution in [0.15, 0.2) is 16.7 Å². The minimum Gasteiger partial charge on any atom is -0.459 e. The van der Waals surface area contributed by atoms with Crippen molar-refractivity contribution in [3.8, 4) is 6.07 Å². The quantitative estimate of drug-likeness (QED) is 0.855. The van der Waals surface area contributed by atoms with Crippen molar-refractivity contribution in [3.63, 3.8) is 0 Å². The van der Waals surface area contributed by atoms with Crippen LogP contribution in [0, 0.1) is 18.3 Å². The first-order valence-electron chi connectivity index (χ1n) is 6.03. The number of nitrogens with one attached hydrogen (secondary N) is 1. The van der Waals surface area contributed by atoms with E-state index in [0.29, 0.717) is 18.6 Å². The highest BCUT2D eigenvalue weighted by atomic mass is 16.3. The standard InChI is InChI=1S/C13H17N3O2/c1-10-3-8-18-11(10)12(17)15-13(9-14)4-6-16(2)7-5-13/h3,8H,4-7H2,1-2H3,(H,15,17). The molecule has 0 saturated carbocycles. The third-order valence-electron chi connectivity index (χ3n) is 3.48. The van der Waals surface area contributed by atoms with E-state index in [4.69, 9.17) is 4.42 Å². The Morgan fingerprint density at radius 1 is 1.56 bits per heavy atom. The van der Waals surface area contributed by atoms with Crippen LogP contribution in [0.3, 0.4) is 0 Å². The van der Waals surface area contributed by atoms with Gasteiger partial charge in [-0.2, -0.15) is 5.26 Å². The van der Waals surface area contributed by atoms with Crippen molar-refractivity contribution in [2.75, 3.05) is 20.1 Å². The minimum atomic E-state index is -0.761. The van der Waals surface area contributed by atoms with Gasteiger partial charge in [-0.25, -0.2) is 0 Å². The second-order valence-corrected chi connectivity index (χ2v) is 4.88. The van der Waals surface area contributed by atoms with E-state index >= 15 is 0 Å². The summed E-state index contributed by atoms with van der Waals surface area (Å²) in [6, 6.07) is 3.99. The van der Waals surface area contributed by atoms with Gasteiger partial charge in [0.1, 0.15) is 5.54 Å². The molecule has 1 saturated heterocycles. The molecule has 1 aromatic rings. The van der Waals surface area contributed by atoms with Crippen molar-refractivity contribution in [2.45, 2.75) is 25.3 Å².